The molecule has 1 saturated carbocycles. The lowest BCUT2D eigenvalue weighted by Crippen LogP contribution is -2.49. The van der Waals surface area contributed by atoms with Crippen LogP contribution in [0.2, 0.25) is 0 Å². The number of nitrogens with one attached hydrogen (secondary N) is 2. The molecule has 39 heavy (non-hydrogen) atoms. The summed E-state index contributed by atoms with van der Waals surface area (Å²) in [6.07, 6.45) is 5.12. The molecule has 3 N–H and O–H groups in total. The predicted molar refractivity (Wildman–Crippen MR) is 145 cm³/mol. The number of rotatable bonds is 8. The molecule has 0 bridgehead atoms. The summed E-state index contributed by atoms with van der Waals surface area (Å²) in [5, 5.41) is 13.4. The summed E-state index contributed by atoms with van der Waals surface area (Å²) < 4.78 is 55.4. The van der Waals surface area contributed by atoms with Gasteiger partial charge in [-0.1, -0.05) is 0 Å². The number of carbonyl (C=O) groups is 1. The molecule has 3 aliphatic rings. The third-order valence-corrected chi connectivity index (χ3v) is 9.19. The molecule has 212 valence electrons. The molecule has 0 radical (unpaired) electrons. The van der Waals surface area contributed by atoms with E-state index in [9.17, 15) is 26.8 Å². The van der Waals surface area contributed by atoms with E-state index in [1.165, 1.54) is 46.9 Å². The number of anilines is 3. The number of halogens is 2. The van der Waals surface area contributed by atoms with E-state index < -0.39 is 34.2 Å². The Balaban J connectivity index is 1.39. The molecule has 2 aromatic rings. The first kappa shape index (κ1) is 27.4. The van der Waals surface area contributed by atoms with Crippen LogP contribution in [0, 0.1) is 5.41 Å². The Labute approximate surface area is 225 Å². The Kier molecular flexibility index (Phi) is 7.31. The van der Waals surface area contributed by atoms with E-state index in [0.717, 1.165) is 25.9 Å². The number of alkyl halides is 2. The number of pyridine rings is 1. The third-order valence-electron chi connectivity index (χ3n) is 7.92. The number of hydrogen-bond donors (Lipinski definition) is 3. The maximum absolute atomic E-state index is 13.6. The summed E-state index contributed by atoms with van der Waals surface area (Å²) in [5.41, 5.74) is 1.54. The van der Waals surface area contributed by atoms with Crippen molar-refractivity contribution in [3.05, 3.63) is 52.4 Å². The monoisotopic (exact) mass is 565 g/mol. The van der Waals surface area contributed by atoms with Crippen molar-refractivity contribution >= 4 is 33.0 Å². The standard InChI is InChI=1S/C26H33F2N5O5S/c27-26(28)9-13-32(14-10-26)33-18-20(2-4-23(33)35)29-24(36)21-3-1-19(30-39(37,38)16-15-34)17-22(21)31-11-7-25(5-6-25)8-12-31/h1-4,17-18,30,34H,5-16H2,(H,29,36). The summed E-state index contributed by atoms with van der Waals surface area (Å²) in [4.78, 5) is 28.0. The Morgan fingerprint density at radius 2 is 1.62 bits per heavy atom. The molecule has 1 aromatic heterocycles. The topological polar surface area (TPSA) is 124 Å². The van der Waals surface area contributed by atoms with Gasteiger partial charge in [-0.15, -0.1) is 0 Å². The lowest BCUT2D eigenvalue weighted by atomic mass is 9.93. The first-order valence-corrected chi connectivity index (χ1v) is 14.8. The van der Waals surface area contributed by atoms with Crippen molar-refractivity contribution in [3.63, 3.8) is 0 Å². The number of carbonyl (C=O) groups excluding carboxylic acids is 1. The van der Waals surface area contributed by atoms with Crippen LogP contribution in [0.25, 0.3) is 0 Å². The molecular formula is C26H33F2N5O5S. The van der Waals surface area contributed by atoms with Gasteiger partial charge in [0.25, 0.3) is 17.4 Å². The van der Waals surface area contributed by atoms with E-state index >= 15 is 0 Å². The SMILES string of the molecule is O=C(Nc1ccc(=O)n(N2CCC(F)(F)CC2)c1)c1ccc(NS(=O)(=O)CCO)cc1N1CCC2(CC1)CC2. The highest BCUT2D eigenvalue weighted by molar-refractivity contribution is 7.92. The molecule has 2 aliphatic heterocycles. The molecule has 1 aliphatic carbocycles. The Morgan fingerprint density at radius 1 is 0.949 bits per heavy atom. The molecular weight excluding hydrogens is 532 g/mol. The van der Waals surface area contributed by atoms with Crippen LogP contribution in [0.1, 0.15) is 48.9 Å². The van der Waals surface area contributed by atoms with Crippen molar-refractivity contribution in [3.8, 4) is 0 Å². The minimum absolute atomic E-state index is 0.0125. The van der Waals surface area contributed by atoms with Crippen molar-refractivity contribution in [2.75, 3.05) is 58.5 Å². The van der Waals surface area contributed by atoms with Crippen molar-refractivity contribution in [1.29, 1.82) is 0 Å². The minimum Gasteiger partial charge on any atom is -0.395 e. The summed E-state index contributed by atoms with van der Waals surface area (Å²) >= 11 is 0. The number of piperidine rings is 2. The first-order chi connectivity index (χ1) is 18.5. The van der Waals surface area contributed by atoms with Crippen molar-refractivity contribution in [1.82, 2.24) is 4.68 Å². The number of aliphatic hydroxyl groups excluding tert-OH is 1. The second-order valence-corrected chi connectivity index (χ2v) is 12.6. The zero-order chi connectivity index (χ0) is 27.8. The molecule has 3 fully saturated rings. The number of nitrogens with zero attached hydrogens (tertiary/aromatic N) is 3. The largest absolute Gasteiger partial charge is 0.395 e. The highest BCUT2D eigenvalue weighted by atomic mass is 32.2. The fourth-order valence-corrected chi connectivity index (χ4v) is 6.13. The van der Waals surface area contributed by atoms with Gasteiger partial charge in [-0.05, 0) is 55.4 Å². The van der Waals surface area contributed by atoms with Crippen molar-refractivity contribution < 1.29 is 27.1 Å². The van der Waals surface area contributed by atoms with Crippen LogP contribution < -0.4 is 25.5 Å². The molecule has 0 unspecified atom stereocenters. The van der Waals surface area contributed by atoms with E-state index in [-0.39, 0.29) is 37.2 Å². The number of hydrogen-bond acceptors (Lipinski definition) is 7. The fraction of sp³-hybridized carbons (Fsp3) is 0.538. The van der Waals surface area contributed by atoms with E-state index in [2.05, 4.69) is 14.9 Å². The van der Waals surface area contributed by atoms with Crippen molar-refractivity contribution in [2.45, 2.75) is 44.4 Å². The van der Waals surface area contributed by atoms with Gasteiger partial charge in [0.2, 0.25) is 10.0 Å². The molecule has 1 amide bonds. The van der Waals surface area contributed by atoms with Crippen LogP contribution >= 0.6 is 0 Å². The zero-order valence-corrected chi connectivity index (χ0v) is 22.4. The van der Waals surface area contributed by atoms with Gasteiger partial charge in [0.05, 0.1) is 41.2 Å². The number of amides is 1. The third kappa shape index (κ3) is 6.35. The quantitative estimate of drug-likeness (QED) is 0.450. The van der Waals surface area contributed by atoms with E-state index in [1.54, 1.807) is 12.1 Å². The second kappa shape index (κ2) is 10.4. The Morgan fingerprint density at radius 3 is 2.26 bits per heavy atom. The first-order valence-electron chi connectivity index (χ1n) is 13.2. The molecule has 10 nitrogen and oxygen atoms in total. The van der Waals surface area contributed by atoms with Crippen LogP contribution in [0.15, 0.2) is 41.3 Å². The normalized spacial score (nSPS) is 20.1. The van der Waals surface area contributed by atoms with Gasteiger partial charge in [0.1, 0.15) is 0 Å². The summed E-state index contributed by atoms with van der Waals surface area (Å²) in [6, 6.07) is 7.41. The maximum Gasteiger partial charge on any atom is 0.269 e. The van der Waals surface area contributed by atoms with Gasteiger partial charge >= 0.3 is 0 Å². The van der Waals surface area contributed by atoms with Crippen LogP contribution in [0.4, 0.5) is 25.8 Å². The van der Waals surface area contributed by atoms with Crippen LogP contribution in [-0.4, -0.2) is 68.6 Å². The number of aromatic nitrogens is 1. The molecule has 3 heterocycles. The van der Waals surface area contributed by atoms with Gasteiger partial charge in [0, 0.05) is 45.1 Å². The second-order valence-electron chi connectivity index (χ2n) is 10.7. The maximum atomic E-state index is 13.6. The molecule has 5 rings (SSSR count). The van der Waals surface area contributed by atoms with Gasteiger partial charge in [-0.25, -0.2) is 21.9 Å². The highest BCUT2D eigenvalue weighted by Crippen LogP contribution is 2.54. The number of sulfonamides is 1. The van der Waals surface area contributed by atoms with Gasteiger partial charge < -0.3 is 20.3 Å². The average molecular weight is 566 g/mol. The highest BCUT2D eigenvalue weighted by Gasteiger charge is 2.44. The smallest absolute Gasteiger partial charge is 0.269 e. The predicted octanol–water partition coefficient (Wildman–Crippen LogP) is 2.58. The summed E-state index contributed by atoms with van der Waals surface area (Å²) in [6.45, 7) is 0.977. The van der Waals surface area contributed by atoms with Gasteiger partial charge in [0.15, 0.2) is 0 Å². The minimum atomic E-state index is -3.75. The Bertz CT molecular complexity index is 1390. The van der Waals surface area contributed by atoms with E-state index in [4.69, 9.17) is 5.11 Å². The van der Waals surface area contributed by atoms with E-state index in [0.29, 0.717) is 22.4 Å². The number of aliphatic hydroxyl groups is 1. The van der Waals surface area contributed by atoms with E-state index in [1.807, 2.05) is 0 Å². The van der Waals surface area contributed by atoms with Crippen molar-refractivity contribution in [2.24, 2.45) is 5.41 Å². The zero-order valence-electron chi connectivity index (χ0n) is 21.5. The summed E-state index contributed by atoms with van der Waals surface area (Å²) in [5.74, 6) is -3.65. The Hall–Kier alpha value is -3.19. The van der Waals surface area contributed by atoms with Crippen LogP contribution in [0.5, 0.6) is 0 Å². The molecule has 1 spiro atoms. The fourth-order valence-electron chi connectivity index (χ4n) is 5.31. The van der Waals surface area contributed by atoms with Crippen LogP contribution in [0.3, 0.4) is 0 Å². The summed E-state index contributed by atoms with van der Waals surface area (Å²) in [7, 11) is -3.75. The van der Waals surface area contributed by atoms with Crippen LogP contribution in [-0.2, 0) is 10.0 Å². The van der Waals surface area contributed by atoms with Gasteiger partial charge in [-0.2, -0.15) is 0 Å². The molecule has 2 saturated heterocycles. The lowest BCUT2D eigenvalue weighted by Gasteiger charge is -2.35. The molecule has 13 heteroatoms. The number of benzene rings is 1. The molecule has 1 aromatic carbocycles. The lowest BCUT2D eigenvalue weighted by molar-refractivity contribution is -0.0260. The molecule has 0 atom stereocenters. The average Bonchev–Trinajstić information content (AvgIpc) is 3.64. The van der Waals surface area contributed by atoms with Gasteiger partial charge in [-0.3, -0.25) is 14.3 Å².